The molecule has 0 spiro atoms. The van der Waals surface area contributed by atoms with E-state index < -0.39 is 5.60 Å². The lowest BCUT2D eigenvalue weighted by Crippen LogP contribution is -2.47. The number of thiophene rings is 1. The normalized spacial score (nSPS) is 17.2. The van der Waals surface area contributed by atoms with E-state index in [0.717, 1.165) is 39.8 Å². The molecule has 1 amide bonds. The van der Waals surface area contributed by atoms with Crippen molar-refractivity contribution in [2.75, 3.05) is 6.54 Å². The van der Waals surface area contributed by atoms with Crippen molar-refractivity contribution in [3.8, 4) is 0 Å². The highest BCUT2D eigenvalue weighted by atomic mass is 32.1. The lowest BCUT2D eigenvalue weighted by molar-refractivity contribution is -0.0300. The maximum atomic E-state index is 12.2. The Bertz CT molecular complexity index is 628. The van der Waals surface area contributed by atoms with Crippen molar-refractivity contribution in [2.24, 2.45) is 0 Å². The fourth-order valence-electron chi connectivity index (χ4n) is 2.48. The van der Waals surface area contributed by atoms with E-state index in [2.05, 4.69) is 5.32 Å². The van der Waals surface area contributed by atoms with E-state index in [1.54, 1.807) is 0 Å². The number of nitrogens with one attached hydrogen (secondary N) is 1. The van der Waals surface area contributed by atoms with Gasteiger partial charge >= 0.3 is 0 Å². The van der Waals surface area contributed by atoms with E-state index in [-0.39, 0.29) is 5.91 Å². The van der Waals surface area contributed by atoms with Crippen LogP contribution in [-0.4, -0.2) is 23.2 Å². The van der Waals surface area contributed by atoms with Gasteiger partial charge in [0.15, 0.2) is 0 Å². The van der Waals surface area contributed by atoms with E-state index in [1.165, 1.54) is 11.3 Å². The molecule has 0 bridgehead atoms. The SMILES string of the molecule is Cc1c(C(=O)NCC2(O)CCC2)sc2ccccc12. The highest BCUT2D eigenvalue weighted by Gasteiger charge is 2.34. The van der Waals surface area contributed by atoms with Gasteiger partial charge in [0.05, 0.1) is 10.5 Å². The number of amides is 1. The first-order valence-electron chi connectivity index (χ1n) is 6.58. The van der Waals surface area contributed by atoms with Gasteiger partial charge in [0.25, 0.3) is 5.91 Å². The molecule has 19 heavy (non-hydrogen) atoms. The summed E-state index contributed by atoms with van der Waals surface area (Å²) < 4.78 is 1.13. The lowest BCUT2D eigenvalue weighted by Gasteiger charge is -2.36. The number of hydrogen-bond acceptors (Lipinski definition) is 3. The first kappa shape index (κ1) is 12.6. The van der Waals surface area contributed by atoms with E-state index in [4.69, 9.17) is 0 Å². The highest BCUT2D eigenvalue weighted by molar-refractivity contribution is 7.21. The molecule has 1 fully saturated rings. The van der Waals surface area contributed by atoms with Crippen molar-refractivity contribution < 1.29 is 9.90 Å². The molecule has 4 heteroatoms. The smallest absolute Gasteiger partial charge is 0.261 e. The molecule has 2 aromatic rings. The average molecular weight is 275 g/mol. The second-order valence-electron chi connectivity index (χ2n) is 5.31. The van der Waals surface area contributed by atoms with Crippen LogP contribution in [0.3, 0.4) is 0 Å². The highest BCUT2D eigenvalue weighted by Crippen LogP contribution is 2.32. The van der Waals surface area contributed by atoms with Gasteiger partial charge in [-0.15, -0.1) is 11.3 Å². The van der Waals surface area contributed by atoms with Gasteiger partial charge in [-0.3, -0.25) is 4.79 Å². The first-order valence-corrected chi connectivity index (χ1v) is 7.39. The molecule has 0 unspecified atom stereocenters. The van der Waals surface area contributed by atoms with Crippen LogP contribution in [0.25, 0.3) is 10.1 Å². The van der Waals surface area contributed by atoms with Crippen LogP contribution in [0.2, 0.25) is 0 Å². The van der Waals surface area contributed by atoms with E-state index in [9.17, 15) is 9.90 Å². The average Bonchev–Trinajstić information content (AvgIpc) is 2.72. The van der Waals surface area contributed by atoms with Gasteiger partial charge in [-0.1, -0.05) is 18.2 Å². The molecule has 1 aromatic carbocycles. The molecule has 1 heterocycles. The van der Waals surface area contributed by atoms with Crippen LogP contribution < -0.4 is 5.32 Å². The van der Waals surface area contributed by atoms with Crippen LogP contribution in [0.15, 0.2) is 24.3 Å². The number of aryl methyl sites for hydroxylation is 1. The van der Waals surface area contributed by atoms with Crippen molar-refractivity contribution in [2.45, 2.75) is 31.8 Å². The van der Waals surface area contributed by atoms with Crippen LogP contribution in [0.5, 0.6) is 0 Å². The minimum Gasteiger partial charge on any atom is -0.388 e. The summed E-state index contributed by atoms with van der Waals surface area (Å²) in [7, 11) is 0. The lowest BCUT2D eigenvalue weighted by atomic mass is 9.80. The summed E-state index contributed by atoms with van der Waals surface area (Å²) in [5.41, 5.74) is 0.360. The van der Waals surface area contributed by atoms with Gasteiger partial charge in [0, 0.05) is 11.2 Å². The van der Waals surface area contributed by atoms with E-state index >= 15 is 0 Å². The molecular formula is C15H17NO2S. The third-order valence-corrected chi connectivity index (χ3v) is 5.18. The monoisotopic (exact) mass is 275 g/mol. The third-order valence-electron chi connectivity index (χ3n) is 3.91. The minimum absolute atomic E-state index is 0.0703. The molecule has 1 aromatic heterocycles. The van der Waals surface area contributed by atoms with Crippen molar-refractivity contribution >= 4 is 27.3 Å². The fraction of sp³-hybridized carbons (Fsp3) is 0.400. The Labute approximate surface area is 116 Å². The zero-order valence-corrected chi connectivity index (χ0v) is 11.7. The van der Waals surface area contributed by atoms with Crippen molar-refractivity contribution in [3.05, 3.63) is 34.7 Å². The summed E-state index contributed by atoms with van der Waals surface area (Å²) in [5, 5.41) is 14.0. The Kier molecular flexibility index (Phi) is 3.07. The van der Waals surface area contributed by atoms with Gasteiger partial charge in [-0.2, -0.15) is 0 Å². The summed E-state index contributed by atoms with van der Waals surface area (Å²) >= 11 is 1.51. The molecule has 1 aliphatic rings. The molecule has 0 atom stereocenters. The first-order chi connectivity index (χ1) is 9.09. The fourth-order valence-corrected chi connectivity index (χ4v) is 3.60. The van der Waals surface area contributed by atoms with Crippen LogP contribution in [-0.2, 0) is 0 Å². The van der Waals surface area contributed by atoms with E-state index in [1.807, 2.05) is 31.2 Å². The van der Waals surface area contributed by atoms with Gasteiger partial charge in [-0.05, 0) is 43.2 Å². The van der Waals surface area contributed by atoms with Crippen molar-refractivity contribution in [1.82, 2.24) is 5.32 Å². The molecule has 1 saturated carbocycles. The molecule has 2 N–H and O–H groups in total. The predicted molar refractivity (Wildman–Crippen MR) is 77.7 cm³/mol. The topological polar surface area (TPSA) is 49.3 Å². The molecule has 100 valence electrons. The molecule has 3 nitrogen and oxygen atoms in total. The van der Waals surface area contributed by atoms with Crippen LogP contribution in [0.1, 0.15) is 34.5 Å². The maximum Gasteiger partial charge on any atom is 0.261 e. The Balaban J connectivity index is 1.79. The molecule has 3 rings (SSSR count). The van der Waals surface area contributed by atoms with Crippen molar-refractivity contribution in [3.63, 3.8) is 0 Å². The number of fused-ring (bicyclic) bond motifs is 1. The summed E-state index contributed by atoms with van der Waals surface area (Å²) in [5.74, 6) is -0.0703. The summed E-state index contributed by atoms with van der Waals surface area (Å²) in [6.45, 7) is 2.34. The predicted octanol–water partition coefficient (Wildman–Crippen LogP) is 2.85. The third kappa shape index (κ3) is 2.26. The number of carbonyl (C=O) groups excluding carboxylic acids is 1. The summed E-state index contributed by atoms with van der Waals surface area (Å²) in [6.07, 6.45) is 2.63. The Morgan fingerprint density at radius 3 is 2.79 bits per heavy atom. The number of carbonyl (C=O) groups is 1. The molecule has 1 aliphatic carbocycles. The standard InChI is InChI=1S/C15H17NO2S/c1-10-11-5-2-3-6-12(11)19-13(10)14(17)16-9-15(18)7-4-8-15/h2-3,5-6,18H,4,7-9H2,1H3,(H,16,17). The number of hydrogen-bond donors (Lipinski definition) is 2. The van der Waals surface area contributed by atoms with Gasteiger partial charge in [0.1, 0.15) is 0 Å². The minimum atomic E-state index is -0.666. The largest absolute Gasteiger partial charge is 0.388 e. The van der Waals surface area contributed by atoms with Gasteiger partial charge in [-0.25, -0.2) is 0 Å². The summed E-state index contributed by atoms with van der Waals surface area (Å²) in [4.78, 5) is 13.0. The molecular weight excluding hydrogens is 258 g/mol. The number of rotatable bonds is 3. The molecule has 0 saturated heterocycles. The van der Waals surface area contributed by atoms with Gasteiger partial charge in [0.2, 0.25) is 0 Å². The number of benzene rings is 1. The van der Waals surface area contributed by atoms with Crippen LogP contribution >= 0.6 is 11.3 Å². The summed E-state index contributed by atoms with van der Waals surface area (Å²) in [6, 6.07) is 8.04. The second-order valence-corrected chi connectivity index (χ2v) is 6.37. The number of aliphatic hydroxyl groups is 1. The molecule has 0 aliphatic heterocycles. The quantitative estimate of drug-likeness (QED) is 0.905. The zero-order chi connectivity index (χ0) is 13.5. The Morgan fingerprint density at radius 2 is 2.16 bits per heavy atom. The van der Waals surface area contributed by atoms with Crippen molar-refractivity contribution in [1.29, 1.82) is 0 Å². The second kappa shape index (κ2) is 4.62. The van der Waals surface area contributed by atoms with Gasteiger partial charge < -0.3 is 10.4 Å². The maximum absolute atomic E-state index is 12.2. The van der Waals surface area contributed by atoms with Crippen LogP contribution in [0, 0.1) is 6.92 Å². The van der Waals surface area contributed by atoms with E-state index in [0.29, 0.717) is 6.54 Å². The Morgan fingerprint density at radius 1 is 1.42 bits per heavy atom. The zero-order valence-electron chi connectivity index (χ0n) is 10.9. The van der Waals surface area contributed by atoms with Crippen LogP contribution in [0.4, 0.5) is 0 Å². The molecule has 0 radical (unpaired) electrons. The Hall–Kier alpha value is -1.39.